The molecule has 5 heteroatoms. The fourth-order valence-corrected chi connectivity index (χ4v) is 2.73. The van der Waals surface area contributed by atoms with Crippen molar-refractivity contribution >= 4 is 23.2 Å². The fraction of sp³-hybridized carbons (Fsp3) is 0.176. The molecular formula is C17H15ClN2O2. The van der Waals surface area contributed by atoms with Crippen LogP contribution in [0.5, 0.6) is 5.75 Å². The van der Waals surface area contributed by atoms with Crippen LogP contribution in [0.3, 0.4) is 0 Å². The highest BCUT2D eigenvalue weighted by Gasteiger charge is 2.31. The van der Waals surface area contributed by atoms with Crippen LogP contribution in [0.2, 0.25) is 5.02 Å². The lowest BCUT2D eigenvalue weighted by Gasteiger charge is -2.20. The van der Waals surface area contributed by atoms with Gasteiger partial charge >= 0.3 is 0 Å². The third-order valence-corrected chi connectivity index (χ3v) is 3.92. The Morgan fingerprint density at radius 1 is 1.27 bits per heavy atom. The zero-order valence-electron chi connectivity index (χ0n) is 12.0. The largest absolute Gasteiger partial charge is 0.508 e. The molecule has 0 aliphatic carbocycles. The molecule has 1 atom stereocenters. The van der Waals surface area contributed by atoms with E-state index in [1.54, 1.807) is 18.2 Å². The van der Waals surface area contributed by atoms with E-state index in [1.807, 2.05) is 30.3 Å². The van der Waals surface area contributed by atoms with Gasteiger partial charge in [-0.15, -0.1) is 0 Å². The number of halogens is 1. The summed E-state index contributed by atoms with van der Waals surface area (Å²) in [4.78, 5) is 11.9. The van der Waals surface area contributed by atoms with Gasteiger partial charge < -0.3 is 5.11 Å². The number of phenols is 1. The third-order valence-electron chi connectivity index (χ3n) is 3.67. The monoisotopic (exact) mass is 314 g/mol. The molecule has 0 unspecified atom stereocenters. The first-order valence-electron chi connectivity index (χ1n) is 6.97. The summed E-state index contributed by atoms with van der Waals surface area (Å²) >= 11 is 5.92. The van der Waals surface area contributed by atoms with Crippen LogP contribution in [0.15, 0.2) is 53.6 Å². The van der Waals surface area contributed by atoms with Crippen LogP contribution < -0.4 is 0 Å². The molecule has 22 heavy (non-hydrogen) atoms. The SMILES string of the molecule is CC(=O)N1N=C(c2cccc(O)c2)C[C@H]1c1ccc(Cl)cc1. The number of carbonyl (C=O) groups excluding carboxylic acids is 1. The maximum atomic E-state index is 11.9. The molecule has 1 aliphatic rings. The quantitative estimate of drug-likeness (QED) is 0.918. The second-order valence-electron chi connectivity index (χ2n) is 5.23. The van der Waals surface area contributed by atoms with E-state index >= 15 is 0 Å². The van der Waals surface area contributed by atoms with Gasteiger partial charge in [0.2, 0.25) is 5.91 Å². The molecule has 0 aromatic heterocycles. The maximum absolute atomic E-state index is 11.9. The predicted molar refractivity (Wildman–Crippen MR) is 86.0 cm³/mol. The van der Waals surface area contributed by atoms with Gasteiger partial charge in [0, 0.05) is 23.9 Å². The molecule has 0 spiro atoms. The first-order chi connectivity index (χ1) is 10.5. The Bertz CT molecular complexity index is 741. The number of phenolic OH excluding ortho intramolecular Hbond substituents is 1. The van der Waals surface area contributed by atoms with Gasteiger partial charge in [-0.3, -0.25) is 4.79 Å². The fourth-order valence-electron chi connectivity index (χ4n) is 2.61. The molecule has 2 aromatic rings. The summed E-state index contributed by atoms with van der Waals surface area (Å²) in [5.74, 6) is 0.0691. The van der Waals surface area contributed by atoms with Crippen molar-refractivity contribution in [2.45, 2.75) is 19.4 Å². The minimum Gasteiger partial charge on any atom is -0.508 e. The van der Waals surface area contributed by atoms with E-state index in [2.05, 4.69) is 5.10 Å². The number of carbonyl (C=O) groups is 1. The minimum atomic E-state index is -0.146. The van der Waals surface area contributed by atoms with Gasteiger partial charge in [-0.05, 0) is 29.8 Å². The molecule has 2 aromatic carbocycles. The number of amides is 1. The third kappa shape index (κ3) is 2.83. The Morgan fingerprint density at radius 2 is 2.00 bits per heavy atom. The Balaban J connectivity index is 1.94. The second kappa shape index (κ2) is 5.81. The topological polar surface area (TPSA) is 52.9 Å². The average molecular weight is 315 g/mol. The van der Waals surface area contributed by atoms with E-state index in [-0.39, 0.29) is 17.7 Å². The van der Waals surface area contributed by atoms with Gasteiger partial charge in [-0.2, -0.15) is 5.10 Å². The lowest BCUT2D eigenvalue weighted by molar-refractivity contribution is -0.130. The number of rotatable bonds is 2. The van der Waals surface area contributed by atoms with Crippen molar-refractivity contribution in [1.29, 1.82) is 0 Å². The Morgan fingerprint density at radius 3 is 2.64 bits per heavy atom. The highest BCUT2D eigenvalue weighted by molar-refractivity contribution is 6.30. The van der Waals surface area contributed by atoms with E-state index in [4.69, 9.17) is 11.6 Å². The molecule has 0 saturated carbocycles. The number of nitrogens with zero attached hydrogens (tertiary/aromatic N) is 2. The summed E-state index contributed by atoms with van der Waals surface area (Å²) in [5.41, 5.74) is 2.59. The molecular weight excluding hydrogens is 300 g/mol. The summed E-state index contributed by atoms with van der Waals surface area (Å²) in [6.45, 7) is 1.50. The van der Waals surface area contributed by atoms with E-state index in [1.165, 1.54) is 11.9 Å². The normalized spacial score (nSPS) is 17.5. The Hall–Kier alpha value is -2.33. The molecule has 4 nitrogen and oxygen atoms in total. The van der Waals surface area contributed by atoms with Crippen LogP contribution in [0.25, 0.3) is 0 Å². The van der Waals surface area contributed by atoms with Gasteiger partial charge in [0.25, 0.3) is 0 Å². The zero-order valence-corrected chi connectivity index (χ0v) is 12.8. The number of benzene rings is 2. The second-order valence-corrected chi connectivity index (χ2v) is 5.67. The van der Waals surface area contributed by atoms with Gasteiger partial charge in [-0.1, -0.05) is 35.9 Å². The van der Waals surface area contributed by atoms with Crippen molar-refractivity contribution in [1.82, 2.24) is 5.01 Å². The van der Waals surface area contributed by atoms with Gasteiger partial charge in [0.05, 0.1) is 11.8 Å². The Kier molecular flexibility index (Phi) is 3.86. The number of hydrogen-bond donors (Lipinski definition) is 1. The minimum absolute atomic E-state index is 0.116. The van der Waals surface area contributed by atoms with Crippen molar-refractivity contribution < 1.29 is 9.90 Å². The lowest BCUT2D eigenvalue weighted by atomic mass is 9.98. The standard InChI is InChI=1S/C17H15ClN2O2/c1-11(21)20-17(12-5-7-14(18)8-6-12)10-16(19-20)13-3-2-4-15(22)9-13/h2-9,17,22H,10H2,1H3/t17-/m0/s1. The highest BCUT2D eigenvalue weighted by Crippen LogP contribution is 2.33. The molecule has 1 N–H and O–H groups in total. The van der Waals surface area contributed by atoms with E-state index in [9.17, 15) is 9.90 Å². The van der Waals surface area contributed by atoms with Gasteiger partial charge in [-0.25, -0.2) is 5.01 Å². The predicted octanol–water partition coefficient (Wildman–Crippen LogP) is 3.74. The molecule has 0 radical (unpaired) electrons. The van der Waals surface area contributed by atoms with Crippen LogP contribution in [-0.4, -0.2) is 21.7 Å². The van der Waals surface area contributed by atoms with Crippen LogP contribution in [0, 0.1) is 0 Å². The smallest absolute Gasteiger partial charge is 0.240 e. The molecule has 3 rings (SSSR count). The van der Waals surface area contributed by atoms with Crippen molar-refractivity contribution in [2.24, 2.45) is 5.10 Å². The van der Waals surface area contributed by atoms with Crippen LogP contribution >= 0.6 is 11.6 Å². The molecule has 0 bridgehead atoms. The summed E-state index contributed by atoms with van der Waals surface area (Å²) in [6.07, 6.45) is 0.602. The molecule has 112 valence electrons. The first kappa shape index (κ1) is 14.6. The summed E-state index contributed by atoms with van der Waals surface area (Å²) in [6, 6.07) is 14.2. The summed E-state index contributed by atoms with van der Waals surface area (Å²) in [7, 11) is 0. The van der Waals surface area contributed by atoms with Crippen molar-refractivity contribution in [3.05, 3.63) is 64.7 Å². The van der Waals surface area contributed by atoms with Gasteiger partial charge in [0.1, 0.15) is 5.75 Å². The van der Waals surface area contributed by atoms with E-state index in [0.29, 0.717) is 11.4 Å². The van der Waals surface area contributed by atoms with Gasteiger partial charge in [0.15, 0.2) is 0 Å². The molecule has 0 saturated heterocycles. The number of aromatic hydroxyl groups is 1. The highest BCUT2D eigenvalue weighted by atomic mass is 35.5. The average Bonchev–Trinajstić information content (AvgIpc) is 2.93. The van der Waals surface area contributed by atoms with Crippen molar-refractivity contribution in [3.63, 3.8) is 0 Å². The molecule has 0 fully saturated rings. The number of hydrazone groups is 1. The summed E-state index contributed by atoms with van der Waals surface area (Å²) in [5, 5.41) is 16.2. The van der Waals surface area contributed by atoms with Crippen LogP contribution in [0.1, 0.15) is 30.5 Å². The van der Waals surface area contributed by atoms with Crippen molar-refractivity contribution in [2.75, 3.05) is 0 Å². The molecule has 1 heterocycles. The lowest BCUT2D eigenvalue weighted by Crippen LogP contribution is -2.24. The first-order valence-corrected chi connectivity index (χ1v) is 7.34. The molecule has 1 amide bonds. The number of hydrogen-bond acceptors (Lipinski definition) is 3. The zero-order chi connectivity index (χ0) is 15.7. The molecule has 1 aliphatic heterocycles. The van der Waals surface area contributed by atoms with E-state index in [0.717, 1.165) is 16.8 Å². The Labute approximate surface area is 133 Å². The van der Waals surface area contributed by atoms with Crippen LogP contribution in [-0.2, 0) is 4.79 Å². The van der Waals surface area contributed by atoms with Crippen LogP contribution in [0.4, 0.5) is 0 Å². The summed E-state index contributed by atoms with van der Waals surface area (Å²) < 4.78 is 0. The maximum Gasteiger partial charge on any atom is 0.240 e. The van der Waals surface area contributed by atoms with E-state index < -0.39 is 0 Å². The van der Waals surface area contributed by atoms with Crippen molar-refractivity contribution in [3.8, 4) is 5.75 Å².